The minimum atomic E-state index is -0.227. The number of H-pyrrole nitrogens is 2. The van der Waals surface area contributed by atoms with E-state index in [0.29, 0.717) is 44.0 Å². The van der Waals surface area contributed by atoms with E-state index in [4.69, 9.17) is 4.74 Å². The van der Waals surface area contributed by atoms with Crippen LogP contribution in [0.3, 0.4) is 0 Å². The van der Waals surface area contributed by atoms with Gasteiger partial charge in [-0.3, -0.25) is 9.59 Å². The number of fused-ring (bicyclic) bond motifs is 2. The molecule has 29 heavy (non-hydrogen) atoms. The Labute approximate surface area is 186 Å². The summed E-state index contributed by atoms with van der Waals surface area (Å²) in [5.41, 5.74) is 1.43. The lowest BCUT2D eigenvalue weighted by Gasteiger charge is -2.11. The van der Waals surface area contributed by atoms with Crippen molar-refractivity contribution in [2.24, 2.45) is 0 Å². The fourth-order valence-electron chi connectivity index (χ4n) is 2.71. The molecule has 5 rings (SSSR count). The van der Waals surface area contributed by atoms with Crippen molar-refractivity contribution in [1.29, 1.82) is 0 Å². The standard InChI is InChI=1S/C10H9BrN4O2.C5H2Br2N4O/c11-8-7-10(16)12-5-13-15(7)9(14-8)6-1-3-17-4-2-6;6-3-2-4(12)8-1-9-11(2)5(7)10-3/h1,5H,2-4H2,(H,12,13,16);1H,(H,8,9,12). The molecule has 1 aliphatic rings. The van der Waals surface area contributed by atoms with E-state index in [9.17, 15) is 9.59 Å². The van der Waals surface area contributed by atoms with E-state index in [1.54, 1.807) is 4.52 Å². The van der Waals surface area contributed by atoms with Gasteiger partial charge in [0.1, 0.15) is 21.9 Å². The van der Waals surface area contributed by atoms with Crippen molar-refractivity contribution in [3.63, 3.8) is 0 Å². The highest BCUT2D eigenvalue weighted by molar-refractivity contribution is 9.11. The number of imidazole rings is 2. The summed E-state index contributed by atoms with van der Waals surface area (Å²) in [6, 6.07) is 0. The topological polar surface area (TPSA) is 135 Å². The number of halogens is 3. The first-order valence-corrected chi connectivity index (χ1v) is 10.5. The highest BCUT2D eigenvalue weighted by atomic mass is 79.9. The largest absolute Gasteiger partial charge is 0.377 e. The van der Waals surface area contributed by atoms with Crippen molar-refractivity contribution >= 4 is 64.4 Å². The van der Waals surface area contributed by atoms with Crippen LogP contribution in [0.4, 0.5) is 0 Å². The van der Waals surface area contributed by atoms with Gasteiger partial charge in [-0.2, -0.15) is 14.7 Å². The van der Waals surface area contributed by atoms with Gasteiger partial charge < -0.3 is 14.7 Å². The van der Waals surface area contributed by atoms with Gasteiger partial charge in [0, 0.05) is 0 Å². The monoisotopic (exact) mass is 588 g/mol. The molecule has 5 heterocycles. The quantitative estimate of drug-likeness (QED) is 0.346. The molecule has 0 saturated heterocycles. The Balaban J connectivity index is 0.000000150. The average Bonchev–Trinajstić information content (AvgIpc) is 3.21. The Morgan fingerprint density at radius 3 is 2.17 bits per heavy atom. The maximum Gasteiger partial charge on any atom is 0.277 e. The van der Waals surface area contributed by atoms with Crippen LogP contribution in [0.25, 0.3) is 16.6 Å². The molecule has 14 heteroatoms. The lowest BCUT2D eigenvalue weighted by Crippen LogP contribution is -2.13. The molecule has 150 valence electrons. The minimum absolute atomic E-state index is 0.210. The van der Waals surface area contributed by atoms with Gasteiger partial charge in [-0.25, -0.2) is 14.5 Å². The zero-order valence-electron chi connectivity index (χ0n) is 14.4. The average molecular weight is 591 g/mol. The van der Waals surface area contributed by atoms with Gasteiger partial charge in [0.05, 0.1) is 13.2 Å². The summed E-state index contributed by atoms with van der Waals surface area (Å²) in [5, 5.41) is 8.01. The van der Waals surface area contributed by atoms with Crippen LogP contribution in [0.5, 0.6) is 0 Å². The lowest BCUT2D eigenvalue weighted by molar-refractivity contribution is 0.161. The number of ether oxygens (including phenoxy) is 1. The number of nitrogens with zero attached hydrogens (tertiary/aromatic N) is 6. The number of hydrogen-bond acceptors (Lipinski definition) is 7. The third-order valence-corrected chi connectivity index (χ3v) is 5.62. The fourth-order valence-corrected chi connectivity index (χ4v) is 4.43. The number of hydrogen-bond donors (Lipinski definition) is 2. The second-order valence-electron chi connectivity index (χ2n) is 5.71. The maximum absolute atomic E-state index is 11.7. The van der Waals surface area contributed by atoms with Crippen LogP contribution in [-0.2, 0) is 4.74 Å². The summed E-state index contributed by atoms with van der Waals surface area (Å²) in [6.45, 7) is 1.24. The van der Waals surface area contributed by atoms with Crippen molar-refractivity contribution in [2.75, 3.05) is 13.2 Å². The number of nitrogens with one attached hydrogen (secondary N) is 2. The molecule has 0 aromatic carbocycles. The van der Waals surface area contributed by atoms with Crippen molar-refractivity contribution < 1.29 is 4.74 Å². The lowest BCUT2D eigenvalue weighted by atomic mass is 10.1. The van der Waals surface area contributed by atoms with Crippen LogP contribution in [0, 0.1) is 0 Å². The van der Waals surface area contributed by atoms with Crippen LogP contribution in [0.2, 0.25) is 0 Å². The van der Waals surface area contributed by atoms with Crippen LogP contribution >= 0.6 is 47.8 Å². The zero-order chi connectivity index (χ0) is 20.5. The molecule has 4 aromatic rings. The molecule has 0 aliphatic carbocycles. The first-order chi connectivity index (χ1) is 14.0. The highest BCUT2D eigenvalue weighted by Gasteiger charge is 2.17. The highest BCUT2D eigenvalue weighted by Crippen LogP contribution is 2.23. The molecule has 11 nitrogen and oxygen atoms in total. The fraction of sp³-hybridized carbons (Fsp3) is 0.200. The Morgan fingerprint density at radius 1 is 0.931 bits per heavy atom. The van der Waals surface area contributed by atoms with Gasteiger partial charge in [0.25, 0.3) is 11.1 Å². The second kappa shape index (κ2) is 8.30. The normalized spacial score (nSPS) is 14.0. The van der Waals surface area contributed by atoms with Crippen molar-refractivity contribution in [1.82, 2.24) is 39.2 Å². The molecule has 0 radical (unpaired) electrons. The maximum atomic E-state index is 11.7. The van der Waals surface area contributed by atoms with Crippen molar-refractivity contribution in [3.8, 4) is 0 Å². The van der Waals surface area contributed by atoms with E-state index in [1.807, 2.05) is 6.08 Å². The molecular formula is C15H11Br3N8O3. The molecule has 0 unspecified atom stereocenters. The van der Waals surface area contributed by atoms with Crippen LogP contribution in [0.15, 0.2) is 42.3 Å². The van der Waals surface area contributed by atoms with Crippen molar-refractivity contribution in [2.45, 2.75) is 6.42 Å². The van der Waals surface area contributed by atoms with Gasteiger partial charge in [0.15, 0.2) is 21.6 Å². The predicted molar refractivity (Wildman–Crippen MR) is 114 cm³/mol. The molecule has 0 fully saturated rings. The van der Waals surface area contributed by atoms with Gasteiger partial charge in [-0.05, 0) is 59.8 Å². The van der Waals surface area contributed by atoms with E-state index in [-0.39, 0.29) is 11.1 Å². The molecule has 1 aliphatic heterocycles. The summed E-state index contributed by atoms with van der Waals surface area (Å²) in [7, 11) is 0. The Morgan fingerprint density at radius 2 is 1.55 bits per heavy atom. The first kappa shape index (κ1) is 20.1. The van der Waals surface area contributed by atoms with Crippen LogP contribution in [-0.4, -0.2) is 52.4 Å². The summed E-state index contributed by atoms with van der Waals surface area (Å²) < 4.78 is 9.69. The molecule has 0 amide bonds. The van der Waals surface area contributed by atoms with Gasteiger partial charge in [-0.1, -0.05) is 6.08 Å². The second-order valence-corrected chi connectivity index (χ2v) is 7.92. The van der Waals surface area contributed by atoms with E-state index < -0.39 is 0 Å². The van der Waals surface area contributed by atoms with E-state index in [1.165, 1.54) is 17.2 Å². The van der Waals surface area contributed by atoms with E-state index >= 15 is 0 Å². The minimum Gasteiger partial charge on any atom is -0.377 e. The molecule has 2 N–H and O–H groups in total. The molecule has 4 aromatic heterocycles. The van der Waals surface area contributed by atoms with E-state index in [0.717, 1.165) is 12.0 Å². The summed E-state index contributed by atoms with van der Waals surface area (Å²) >= 11 is 9.59. The third-order valence-electron chi connectivity index (χ3n) is 4.00. The van der Waals surface area contributed by atoms with Crippen LogP contribution < -0.4 is 11.1 Å². The predicted octanol–water partition coefficient (Wildman–Crippen LogP) is 1.93. The first-order valence-electron chi connectivity index (χ1n) is 8.14. The third kappa shape index (κ3) is 3.84. The molecule has 0 atom stereocenters. The summed E-state index contributed by atoms with van der Waals surface area (Å²) in [4.78, 5) is 36.2. The van der Waals surface area contributed by atoms with Crippen LogP contribution in [0.1, 0.15) is 12.2 Å². The Bertz CT molecular complexity index is 1350. The molecule has 0 bridgehead atoms. The summed E-state index contributed by atoms with van der Waals surface area (Å²) in [5.74, 6) is 0.696. The van der Waals surface area contributed by atoms with Crippen molar-refractivity contribution in [3.05, 3.63) is 59.2 Å². The summed E-state index contributed by atoms with van der Waals surface area (Å²) in [6.07, 6.45) is 5.43. The SMILES string of the molecule is O=c1[nH]cnn2c(Br)nc(Br)c12.O=c1[nH]cnn2c(C3=CCOCC3)nc(Br)c12. The zero-order valence-corrected chi connectivity index (χ0v) is 19.2. The van der Waals surface area contributed by atoms with Gasteiger partial charge in [0.2, 0.25) is 0 Å². The van der Waals surface area contributed by atoms with E-state index in [2.05, 4.69) is 77.9 Å². The number of rotatable bonds is 1. The van der Waals surface area contributed by atoms with Gasteiger partial charge >= 0.3 is 0 Å². The Hall–Kier alpha value is -2.16. The molecule has 0 saturated carbocycles. The Kier molecular flexibility index (Phi) is 5.76. The van der Waals surface area contributed by atoms with Gasteiger partial charge in [-0.15, -0.1) is 0 Å². The molecule has 0 spiro atoms. The smallest absolute Gasteiger partial charge is 0.277 e. The molecular weight excluding hydrogens is 580 g/mol. The number of aromatic nitrogens is 8. The number of aromatic amines is 2.